The zero-order valence-electron chi connectivity index (χ0n) is 12.7. The topological polar surface area (TPSA) is 65.1 Å². The highest BCUT2D eigenvalue weighted by molar-refractivity contribution is 5.94. The van der Waals surface area contributed by atoms with Gasteiger partial charge in [-0.25, -0.2) is 4.79 Å². The average Bonchev–Trinajstić information content (AvgIpc) is 3.30. The molecule has 0 aromatic carbocycles. The van der Waals surface area contributed by atoms with Crippen molar-refractivity contribution in [1.29, 1.82) is 0 Å². The van der Waals surface area contributed by atoms with Gasteiger partial charge in [0.15, 0.2) is 0 Å². The molecule has 2 aliphatic heterocycles. The summed E-state index contributed by atoms with van der Waals surface area (Å²) in [6, 6.07) is 0. The molecule has 0 N–H and O–H groups in total. The van der Waals surface area contributed by atoms with E-state index in [-0.39, 0.29) is 18.1 Å². The summed E-state index contributed by atoms with van der Waals surface area (Å²) >= 11 is 0. The van der Waals surface area contributed by atoms with Crippen molar-refractivity contribution in [2.24, 2.45) is 23.2 Å². The van der Waals surface area contributed by atoms with Gasteiger partial charge in [-0.3, -0.25) is 4.79 Å². The summed E-state index contributed by atoms with van der Waals surface area (Å²) in [5.41, 5.74) is 2.68. The Balaban J connectivity index is 1.55. The molecule has 0 aromatic rings. The third-order valence-electron chi connectivity index (χ3n) is 6.51. The number of hydrogen-bond acceptors (Lipinski definition) is 5. The molecule has 4 fully saturated rings. The molecule has 1 spiro atoms. The SMILES string of the molecule is C=C1C2CC2[C@@]2(C)C1CC1=C(COC(C)=O)C(=O)O[C@@]13O[C@H]32. The van der Waals surface area contributed by atoms with Crippen LogP contribution in [0.3, 0.4) is 0 Å². The summed E-state index contributed by atoms with van der Waals surface area (Å²) in [6.07, 6.45) is 1.86. The number of rotatable bonds is 2. The Kier molecular flexibility index (Phi) is 2.04. The first-order valence-electron chi connectivity index (χ1n) is 7.85. The first-order chi connectivity index (χ1) is 10.4. The number of hydrogen-bond donors (Lipinski definition) is 0. The molecule has 3 unspecified atom stereocenters. The van der Waals surface area contributed by atoms with Gasteiger partial charge in [0.1, 0.15) is 12.7 Å². The number of esters is 2. The van der Waals surface area contributed by atoms with E-state index in [0.717, 1.165) is 12.0 Å². The van der Waals surface area contributed by atoms with Crippen molar-refractivity contribution in [1.82, 2.24) is 0 Å². The second-order valence-electron chi connectivity index (χ2n) is 7.44. The maximum absolute atomic E-state index is 12.2. The third kappa shape index (κ3) is 1.22. The van der Waals surface area contributed by atoms with Crippen LogP contribution in [0.5, 0.6) is 0 Å². The average molecular weight is 302 g/mol. The predicted molar refractivity (Wildman–Crippen MR) is 74.3 cm³/mol. The Bertz CT molecular complexity index is 691. The van der Waals surface area contributed by atoms with Crippen molar-refractivity contribution in [3.63, 3.8) is 0 Å². The molecule has 0 bridgehead atoms. The predicted octanol–water partition coefficient (Wildman–Crippen LogP) is 1.73. The van der Waals surface area contributed by atoms with E-state index in [2.05, 4.69) is 13.5 Å². The zero-order chi connectivity index (χ0) is 15.4. The summed E-state index contributed by atoms with van der Waals surface area (Å²) in [5.74, 6) is -0.0954. The van der Waals surface area contributed by atoms with Crippen LogP contribution in [0.25, 0.3) is 0 Å². The van der Waals surface area contributed by atoms with Crippen molar-refractivity contribution >= 4 is 11.9 Å². The lowest BCUT2D eigenvalue weighted by molar-refractivity contribution is -0.148. The van der Waals surface area contributed by atoms with Crippen molar-refractivity contribution in [3.05, 3.63) is 23.3 Å². The second kappa shape index (κ2) is 3.48. The smallest absolute Gasteiger partial charge is 0.340 e. The van der Waals surface area contributed by atoms with E-state index in [9.17, 15) is 9.59 Å². The highest BCUT2D eigenvalue weighted by Gasteiger charge is 2.82. The first kappa shape index (κ1) is 12.9. The summed E-state index contributed by atoms with van der Waals surface area (Å²) < 4.78 is 16.6. The fourth-order valence-electron chi connectivity index (χ4n) is 5.30. The maximum atomic E-state index is 12.2. The molecule has 5 aliphatic rings. The number of epoxide rings is 1. The minimum Gasteiger partial charge on any atom is -0.461 e. The van der Waals surface area contributed by atoms with E-state index < -0.39 is 17.7 Å². The number of carbonyl (C=O) groups excluding carboxylic acids is 2. The Hall–Kier alpha value is -1.62. The molecular formula is C17H18O5. The summed E-state index contributed by atoms with van der Waals surface area (Å²) in [7, 11) is 0. The molecule has 2 heterocycles. The van der Waals surface area contributed by atoms with Gasteiger partial charge in [-0.15, -0.1) is 0 Å². The van der Waals surface area contributed by atoms with E-state index in [4.69, 9.17) is 14.2 Å². The number of carbonyl (C=O) groups is 2. The van der Waals surface area contributed by atoms with Gasteiger partial charge >= 0.3 is 11.9 Å². The molecule has 5 nitrogen and oxygen atoms in total. The van der Waals surface area contributed by atoms with E-state index in [0.29, 0.717) is 23.3 Å². The van der Waals surface area contributed by atoms with E-state index in [1.54, 1.807) is 0 Å². The Morgan fingerprint density at radius 3 is 3.00 bits per heavy atom. The van der Waals surface area contributed by atoms with Gasteiger partial charge in [0.2, 0.25) is 0 Å². The number of fused-ring (bicyclic) bond motifs is 4. The lowest BCUT2D eigenvalue weighted by Crippen LogP contribution is -2.42. The molecule has 1 saturated heterocycles. The minimum absolute atomic E-state index is 0.0237. The molecule has 22 heavy (non-hydrogen) atoms. The highest BCUT2D eigenvalue weighted by atomic mass is 16.8. The van der Waals surface area contributed by atoms with Crippen LogP contribution in [0.15, 0.2) is 23.3 Å². The number of ether oxygens (including phenoxy) is 3. The van der Waals surface area contributed by atoms with Crippen LogP contribution < -0.4 is 0 Å². The van der Waals surface area contributed by atoms with E-state index in [1.807, 2.05) is 0 Å². The summed E-state index contributed by atoms with van der Waals surface area (Å²) in [6.45, 7) is 7.87. The molecule has 0 radical (unpaired) electrons. The maximum Gasteiger partial charge on any atom is 0.340 e. The third-order valence-corrected chi connectivity index (χ3v) is 6.51. The quantitative estimate of drug-likeness (QED) is 0.441. The lowest BCUT2D eigenvalue weighted by atomic mass is 9.63. The van der Waals surface area contributed by atoms with Gasteiger partial charge in [0, 0.05) is 17.9 Å². The van der Waals surface area contributed by atoms with Crippen molar-refractivity contribution in [2.45, 2.75) is 38.6 Å². The normalized spacial score (nSPS) is 49.9. The highest BCUT2D eigenvalue weighted by Crippen LogP contribution is 2.78. The van der Waals surface area contributed by atoms with Crippen molar-refractivity contribution < 1.29 is 23.8 Å². The molecular weight excluding hydrogens is 284 g/mol. The Morgan fingerprint density at radius 1 is 1.50 bits per heavy atom. The van der Waals surface area contributed by atoms with Crippen LogP contribution in [-0.4, -0.2) is 30.4 Å². The summed E-state index contributed by atoms with van der Waals surface area (Å²) in [4.78, 5) is 23.3. The standard InChI is InChI=1S/C17H18O5/c1-7-9-4-12(9)16(3)11(7)5-13-10(6-20-8(2)18)14(19)21-17(13)15(16)22-17/h9,11-12,15H,1,4-6H2,2-3H3/t9?,11?,12?,15-,16+,17+/m0/s1. The van der Waals surface area contributed by atoms with Gasteiger partial charge in [0.05, 0.1) is 5.57 Å². The molecule has 5 rings (SSSR count). The molecule has 116 valence electrons. The van der Waals surface area contributed by atoms with Crippen LogP contribution in [0.1, 0.15) is 26.7 Å². The van der Waals surface area contributed by atoms with Crippen molar-refractivity contribution in [2.75, 3.05) is 6.61 Å². The lowest BCUT2D eigenvalue weighted by Gasteiger charge is -2.38. The van der Waals surface area contributed by atoms with Crippen LogP contribution in [0.2, 0.25) is 0 Å². The fraction of sp³-hybridized carbons (Fsp3) is 0.647. The molecule has 3 saturated carbocycles. The largest absolute Gasteiger partial charge is 0.461 e. The van der Waals surface area contributed by atoms with E-state index in [1.165, 1.54) is 18.9 Å². The van der Waals surface area contributed by atoms with Gasteiger partial charge in [-0.05, 0) is 30.6 Å². The Labute approximate surface area is 128 Å². The van der Waals surface area contributed by atoms with Gasteiger partial charge in [0.25, 0.3) is 5.79 Å². The number of allylic oxidation sites excluding steroid dienone is 1. The second-order valence-corrected chi connectivity index (χ2v) is 7.44. The fourth-order valence-corrected chi connectivity index (χ4v) is 5.30. The summed E-state index contributed by atoms with van der Waals surface area (Å²) in [5, 5.41) is 0. The van der Waals surface area contributed by atoms with Gasteiger partial charge in [-0.2, -0.15) is 0 Å². The van der Waals surface area contributed by atoms with Crippen LogP contribution in [-0.2, 0) is 23.8 Å². The molecule has 5 heteroatoms. The van der Waals surface area contributed by atoms with Crippen molar-refractivity contribution in [3.8, 4) is 0 Å². The van der Waals surface area contributed by atoms with Crippen LogP contribution in [0.4, 0.5) is 0 Å². The molecule has 0 amide bonds. The molecule has 0 aromatic heterocycles. The monoisotopic (exact) mass is 302 g/mol. The van der Waals surface area contributed by atoms with E-state index >= 15 is 0 Å². The molecule has 6 atom stereocenters. The minimum atomic E-state index is -0.866. The van der Waals surface area contributed by atoms with Gasteiger partial charge in [-0.1, -0.05) is 19.1 Å². The van der Waals surface area contributed by atoms with Crippen LogP contribution in [0, 0.1) is 23.2 Å². The zero-order valence-corrected chi connectivity index (χ0v) is 12.7. The Morgan fingerprint density at radius 2 is 2.27 bits per heavy atom. The first-order valence-corrected chi connectivity index (χ1v) is 7.85. The van der Waals surface area contributed by atoms with Gasteiger partial charge < -0.3 is 14.2 Å². The van der Waals surface area contributed by atoms with Crippen LogP contribution >= 0.6 is 0 Å². The molecule has 3 aliphatic carbocycles.